The molecule has 0 heterocycles. The molecule has 0 spiro atoms. The number of hydrogen-bond acceptors (Lipinski definition) is 2. The third-order valence-electron chi connectivity index (χ3n) is 8.84. The molecule has 0 aromatic rings. The predicted octanol–water partition coefficient (Wildman–Crippen LogP) is 5.92. The number of aliphatic hydroxyl groups excluding tert-OH is 1. The lowest BCUT2D eigenvalue weighted by molar-refractivity contribution is -0.128. The quantitative estimate of drug-likeness (QED) is 0.517. The van der Waals surface area contributed by atoms with Crippen molar-refractivity contribution in [1.29, 1.82) is 0 Å². The van der Waals surface area contributed by atoms with Crippen LogP contribution in [0, 0.1) is 33.5 Å². The SMILES string of the molecule is C[C@@H]1CC[C@](C)(/C(O)=C/C(=O)[C@]2(C)CC[C@H](C)C2(C)C)C1(C)C. The van der Waals surface area contributed by atoms with E-state index >= 15 is 0 Å². The van der Waals surface area contributed by atoms with E-state index in [2.05, 4.69) is 55.4 Å². The monoisotopic (exact) mass is 320 g/mol. The molecule has 1 N–H and O–H groups in total. The van der Waals surface area contributed by atoms with Gasteiger partial charge in [-0.25, -0.2) is 0 Å². The van der Waals surface area contributed by atoms with Crippen LogP contribution in [0.3, 0.4) is 0 Å². The molecule has 0 aromatic heterocycles. The Morgan fingerprint density at radius 1 is 0.870 bits per heavy atom. The highest BCUT2D eigenvalue weighted by molar-refractivity contribution is 5.96. The molecule has 2 nitrogen and oxygen atoms in total. The fraction of sp³-hybridized carbons (Fsp3) is 0.857. The van der Waals surface area contributed by atoms with Gasteiger partial charge in [0.05, 0.1) is 0 Å². The third kappa shape index (κ3) is 2.39. The van der Waals surface area contributed by atoms with Crippen molar-refractivity contribution >= 4 is 5.78 Å². The largest absolute Gasteiger partial charge is 0.512 e. The number of carbonyl (C=O) groups excluding carboxylic acids is 1. The molecule has 0 saturated heterocycles. The second-order valence-corrected chi connectivity index (χ2v) is 9.88. The molecule has 2 aliphatic rings. The van der Waals surface area contributed by atoms with Crippen molar-refractivity contribution in [1.82, 2.24) is 0 Å². The Morgan fingerprint density at radius 3 is 1.61 bits per heavy atom. The molecule has 2 rings (SSSR count). The van der Waals surface area contributed by atoms with E-state index in [-0.39, 0.29) is 27.4 Å². The highest BCUT2D eigenvalue weighted by atomic mass is 16.3. The minimum Gasteiger partial charge on any atom is -0.512 e. The summed E-state index contributed by atoms with van der Waals surface area (Å²) in [5.41, 5.74) is -0.689. The zero-order valence-electron chi connectivity index (χ0n) is 16.4. The lowest BCUT2D eigenvalue weighted by Gasteiger charge is -2.42. The molecule has 0 amide bonds. The fourth-order valence-corrected chi connectivity index (χ4v) is 4.81. The average molecular weight is 321 g/mol. The van der Waals surface area contributed by atoms with Crippen molar-refractivity contribution in [3.8, 4) is 0 Å². The summed E-state index contributed by atoms with van der Waals surface area (Å²) in [5, 5.41) is 10.9. The maximum atomic E-state index is 13.1. The molecule has 2 aliphatic carbocycles. The zero-order valence-corrected chi connectivity index (χ0v) is 16.4. The molecular weight excluding hydrogens is 284 g/mol. The van der Waals surface area contributed by atoms with Crippen molar-refractivity contribution in [3.05, 3.63) is 11.8 Å². The van der Waals surface area contributed by atoms with Crippen LogP contribution in [-0.2, 0) is 4.79 Å². The normalized spacial score (nSPS) is 42.9. The van der Waals surface area contributed by atoms with Crippen molar-refractivity contribution in [2.24, 2.45) is 33.5 Å². The van der Waals surface area contributed by atoms with Crippen molar-refractivity contribution < 1.29 is 9.90 Å². The fourth-order valence-electron chi connectivity index (χ4n) is 4.81. The molecule has 2 fully saturated rings. The number of carbonyl (C=O) groups is 1. The molecule has 0 unspecified atom stereocenters. The van der Waals surface area contributed by atoms with E-state index in [9.17, 15) is 9.90 Å². The topological polar surface area (TPSA) is 37.3 Å². The first-order chi connectivity index (χ1) is 10.3. The number of rotatable bonds is 3. The first-order valence-corrected chi connectivity index (χ1v) is 9.26. The van der Waals surface area contributed by atoms with Crippen LogP contribution in [0.25, 0.3) is 0 Å². The second-order valence-electron chi connectivity index (χ2n) is 9.88. The smallest absolute Gasteiger partial charge is 0.165 e. The van der Waals surface area contributed by atoms with E-state index in [4.69, 9.17) is 0 Å². The Labute approximate surface area is 142 Å². The van der Waals surface area contributed by atoms with Crippen LogP contribution >= 0.6 is 0 Å². The molecule has 2 heteroatoms. The van der Waals surface area contributed by atoms with Crippen LogP contribution in [0.5, 0.6) is 0 Å². The summed E-state index contributed by atoms with van der Waals surface area (Å²) >= 11 is 0. The minimum absolute atomic E-state index is 0.00720. The van der Waals surface area contributed by atoms with Crippen molar-refractivity contribution in [2.45, 2.75) is 81.1 Å². The molecule has 0 aliphatic heterocycles. The summed E-state index contributed by atoms with van der Waals surface area (Å²) in [6, 6.07) is 0. The number of aliphatic hydroxyl groups is 1. The van der Waals surface area contributed by atoms with E-state index in [0.29, 0.717) is 17.6 Å². The maximum Gasteiger partial charge on any atom is 0.165 e. The van der Waals surface area contributed by atoms with Gasteiger partial charge in [0.1, 0.15) is 5.76 Å². The van der Waals surface area contributed by atoms with Gasteiger partial charge in [0.2, 0.25) is 0 Å². The first kappa shape index (κ1) is 18.5. The Bertz CT molecular complexity index is 528. The van der Waals surface area contributed by atoms with Crippen molar-refractivity contribution in [3.63, 3.8) is 0 Å². The Kier molecular flexibility index (Phi) is 4.32. The predicted molar refractivity (Wildman–Crippen MR) is 96.3 cm³/mol. The molecule has 0 radical (unpaired) electrons. The number of allylic oxidation sites excluding steroid dienone is 2. The van der Waals surface area contributed by atoms with E-state index in [1.165, 1.54) is 0 Å². The van der Waals surface area contributed by atoms with Crippen molar-refractivity contribution in [2.75, 3.05) is 0 Å². The Morgan fingerprint density at radius 2 is 1.26 bits per heavy atom. The molecule has 0 bridgehead atoms. The van der Waals surface area contributed by atoms with Crippen LogP contribution in [0.2, 0.25) is 0 Å². The average Bonchev–Trinajstić information content (AvgIpc) is 2.79. The summed E-state index contributed by atoms with van der Waals surface area (Å²) in [6.07, 6.45) is 5.65. The van der Waals surface area contributed by atoms with E-state index in [0.717, 1.165) is 25.7 Å². The molecular formula is C21H36O2. The van der Waals surface area contributed by atoms with Crippen LogP contribution in [0.1, 0.15) is 81.1 Å². The van der Waals surface area contributed by atoms with Crippen LogP contribution < -0.4 is 0 Å². The van der Waals surface area contributed by atoms with Crippen LogP contribution in [0.4, 0.5) is 0 Å². The summed E-state index contributed by atoms with van der Waals surface area (Å²) in [7, 11) is 0. The third-order valence-corrected chi connectivity index (χ3v) is 8.84. The molecule has 132 valence electrons. The van der Waals surface area contributed by atoms with Gasteiger partial charge in [-0.1, -0.05) is 55.4 Å². The Balaban J connectivity index is 2.34. The summed E-state index contributed by atoms with van der Waals surface area (Å²) in [4.78, 5) is 13.1. The van der Waals surface area contributed by atoms with E-state index < -0.39 is 0 Å². The number of ketones is 1. The van der Waals surface area contributed by atoms with Crippen LogP contribution in [0.15, 0.2) is 11.8 Å². The second kappa shape index (κ2) is 5.36. The van der Waals surface area contributed by atoms with Gasteiger partial charge >= 0.3 is 0 Å². The molecule has 23 heavy (non-hydrogen) atoms. The van der Waals surface area contributed by atoms with Gasteiger partial charge in [-0.15, -0.1) is 0 Å². The van der Waals surface area contributed by atoms with Gasteiger partial charge in [0.25, 0.3) is 0 Å². The van der Waals surface area contributed by atoms with Gasteiger partial charge in [-0.05, 0) is 48.3 Å². The molecule has 4 atom stereocenters. The minimum atomic E-state index is -0.370. The van der Waals surface area contributed by atoms with Gasteiger partial charge in [-0.3, -0.25) is 4.79 Å². The lowest BCUT2D eigenvalue weighted by atomic mass is 9.62. The first-order valence-electron chi connectivity index (χ1n) is 9.26. The van der Waals surface area contributed by atoms with E-state index in [1.54, 1.807) is 6.08 Å². The van der Waals surface area contributed by atoms with Gasteiger partial charge < -0.3 is 5.11 Å². The highest BCUT2D eigenvalue weighted by Crippen LogP contribution is 2.60. The van der Waals surface area contributed by atoms with Gasteiger partial charge in [0.15, 0.2) is 5.78 Å². The summed E-state index contributed by atoms with van der Waals surface area (Å²) in [6.45, 7) is 17.6. The lowest BCUT2D eigenvalue weighted by Crippen LogP contribution is -2.40. The standard InChI is InChI=1S/C21H36O2/c1-14-9-11-20(7,18(14,3)4)16(22)13-17(23)21(8)12-10-15(2)19(21,5)6/h13-15,22H,9-12H2,1-8H3/b16-13-/t14-,15+,20-,21+/m1/s1. The van der Waals surface area contributed by atoms with Gasteiger partial charge in [0, 0.05) is 16.9 Å². The zero-order chi connectivity index (χ0) is 17.8. The van der Waals surface area contributed by atoms with E-state index in [1.807, 2.05) is 0 Å². The summed E-state index contributed by atoms with van der Waals surface area (Å²) < 4.78 is 0. The summed E-state index contributed by atoms with van der Waals surface area (Å²) in [5.74, 6) is 1.50. The molecule has 0 aromatic carbocycles. The van der Waals surface area contributed by atoms with Crippen LogP contribution in [-0.4, -0.2) is 10.9 Å². The Hall–Kier alpha value is -0.790. The number of hydrogen-bond donors (Lipinski definition) is 1. The highest BCUT2D eigenvalue weighted by Gasteiger charge is 2.55. The maximum absolute atomic E-state index is 13.1. The molecule has 2 saturated carbocycles. The van der Waals surface area contributed by atoms with Gasteiger partial charge in [-0.2, -0.15) is 0 Å².